The summed E-state index contributed by atoms with van der Waals surface area (Å²) in [7, 11) is 2.96. The van der Waals surface area contributed by atoms with E-state index in [4.69, 9.17) is 11.6 Å². The molecular weight excluding hydrogens is 350 g/mol. The minimum atomic E-state index is -0.435. The minimum Gasteiger partial charge on any atom is -0.334 e. The summed E-state index contributed by atoms with van der Waals surface area (Å²) in [6, 6.07) is 3.68. The Morgan fingerprint density at radius 1 is 1.33 bits per heavy atom. The first-order chi connectivity index (χ1) is 11.3. The Morgan fingerprint density at radius 3 is 2.62 bits per heavy atom. The molecule has 0 aromatic carbocycles. The zero-order chi connectivity index (χ0) is 17.9. The zero-order valence-electron chi connectivity index (χ0n) is 13.7. The summed E-state index contributed by atoms with van der Waals surface area (Å²) in [5, 5.41) is 0. The third-order valence-corrected chi connectivity index (χ3v) is 4.76. The number of aryl methyl sites for hydroxylation is 1. The van der Waals surface area contributed by atoms with Crippen LogP contribution in [0.2, 0.25) is 4.34 Å². The molecule has 128 valence electrons. The molecule has 0 unspecified atom stereocenters. The average Bonchev–Trinajstić information content (AvgIpc) is 2.97. The fourth-order valence-electron chi connectivity index (χ4n) is 2.19. The molecule has 0 spiro atoms. The van der Waals surface area contributed by atoms with Gasteiger partial charge in [-0.15, -0.1) is 11.3 Å². The van der Waals surface area contributed by atoms with Gasteiger partial charge in [0.15, 0.2) is 0 Å². The van der Waals surface area contributed by atoms with Crippen molar-refractivity contribution >= 4 is 34.9 Å². The summed E-state index contributed by atoms with van der Waals surface area (Å²) >= 11 is 7.33. The summed E-state index contributed by atoms with van der Waals surface area (Å²) in [5.74, 6) is -0.210. The molecule has 6 nitrogen and oxygen atoms in total. The highest BCUT2D eigenvalue weighted by Crippen LogP contribution is 2.22. The lowest BCUT2D eigenvalue weighted by Gasteiger charge is -2.18. The molecule has 2 rings (SSSR count). The molecule has 1 amide bonds. The number of hydrogen-bond acceptors (Lipinski definition) is 4. The highest BCUT2D eigenvalue weighted by molar-refractivity contribution is 7.16. The van der Waals surface area contributed by atoms with Crippen molar-refractivity contribution in [1.29, 1.82) is 0 Å². The van der Waals surface area contributed by atoms with Gasteiger partial charge < -0.3 is 9.47 Å². The maximum absolute atomic E-state index is 12.3. The van der Waals surface area contributed by atoms with Crippen LogP contribution in [0, 0.1) is 0 Å². The second kappa shape index (κ2) is 7.63. The maximum Gasteiger partial charge on any atom is 0.330 e. The number of aromatic nitrogens is 2. The fraction of sp³-hybridized carbons (Fsp3) is 0.312. The van der Waals surface area contributed by atoms with Crippen molar-refractivity contribution in [3.8, 4) is 0 Å². The highest BCUT2D eigenvalue weighted by Gasteiger charge is 2.11. The van der Waals surface area contributed by atoms with Crippen LogP contribution in [-0.4, -0.2) is 26.5 Å². The summed E-state index contributed by atoms with van der Waals surface area (Å²) in [5.41, 5.74) is -0.563. The molecule has 0 aliphatic heterocycles. The van der Waals surface area contributed by atoms with Crippen molar-refractivity contribution in [3.05, 3.63) is 60.0 Å². The van der Waals surface area contributed by atoms with Gasteiger partial charge in [-0.3, -0.25) is 14.2 Å². The third kappa shape index (κ3) is 4.04. The molecular formula is C16H18ClN3O3S. The van der Waals surface area contributed by atoms with E-state index in [1.807, 2.05) is 13.0 Å². The Kier molecular flexibility index (Phi) is 5.80. The van der Waals surface area contributed by atoms with E-state index in [0.717, 1.165) is 9.44 Å². The molecule has 0 bridgehead atoms. The van der Waals surface area contributed by atoms with Crippen molar-refractivity contribution in [2.24, 2.45) is 14.1 Å². The van der Waals surface area contributed by atoms with Crippen LogP contribution >= 0.6 is 22.9 Å². The van der Waals surface area contributed by atoms with E-state index in [2.05, 4.69) is 0 Å². The first-order valence-electron chi connectivity index (χ1n) is 7.31. The Morgan fingerprint density at radius 2 is 2.04 bits per heavy atom. The van der Waals surface area contributed by atoms with Gasteiger partial charge in [-0.25, -0.2) is 4.79 Å². The number of halogens is 1. The molecule has 0 aliphatic rings. The highest BCUT2D eigenvalue weighted by atomic mass is 35.5. The van der Waals surface area contributed by atoms with E-state index >= 15 is 0 Å². The predicted octanol–water partition coefficient (Wildman–Crippen LogP) is 1.86. The number of amides is 1. The molecule has 0 N–H and O–H groups in total. The lowest BCUT2D eigenvalue weighted by atomic mass is 10.2. The number of rotatable bonds is 5. The molecule has 0 fully saturated rings. The summed E-state index contributed by atoms with van der Waals surface area (Å²) in [6.07, 6.45) is 4.21. The van der Waals surface area contributed by atoms with E-state index in [1.54, 1.807) is 18.0 Å². The molecule has 0 saturated heterocycles. The number of nitrogens with zero attached hydrogens (tertiary/aromatic N) is 3. The van der Waals surface area contributed by atoms with Crippen LogP contribution in [0.15, 0.2) is 34.0 Å². The number of hydrogen-bond donors (Lipinski definition) is 0. The number of carbonyl (C=O) groups is 1. The van der Waals surface area contributed by atoms with Gasteiger partial charge in [0.05, 0.1) is 16.4 Å². The normalized spacial score (nSPS) is 11.2. The Labute approximate surface area is 148 Å². The second-order valence-electron chi connectivity index (χ2n) is 5.23. The van der Waals surface area contributed by atoms with Gasteiger partial charge in [0.25, 0.3) is 5.56 Å². The van der Waals surface area contributed by atoms with Crippen molar-refractivity contribution in [2.45, 2.75) is 13.5 Å². The molecule has 0 saturated carbocycles. The summed E-state index contributed by atoms with van der Waals surface area (Å²) in [6.45, 7) is 2.87. The first kappa shape index (κ1) is 18.2. The Hall–Kier alpha value is -2.12. The van der Waals surface area contributed by atoms with Crippen LogP contribution in [0.5, 0.6) is 0 Å². The van der Waals surface area contributed by atoms with E-state index in [9.17, 15) is 14.4 Å². The van der Waals surface area contributed by atoms with E-state index < -0.39 is 11.2 Å². The van der Waals surface area contributed by atoms with Crippen molar-refractivity contribution in [1.82, 2.24) is 14.0 Å². The molecule has 0 radical (unpaired) electrons. The first-order valence-corrected chi connectivity index (χ1v) is 8.50. The molecule has 2 heterocycles. The molecule has 2 aromatic rings. The maximum atomic E-state index is 12.3. The number of thiophene rings is 1. The standard InChI is InChI=1S/C16H18ClN3O3S/c1-4-20(10-12-6-7-13(17)24-12)14(21)8-5-11-9-18(2)16(23)19(3)15(11)22/h5-9H,4,10H2,1-3H3/b8-5+. The van der Waals surface area contributed by atoms with Gasteiger partial charge >= 0.3 is 5.69 Å². The average molecular weight is 368 g/mol. The van der Waals surface area contributed by atoms with Gasteiger partial charge in [0.2, 0.25) is 5.91 Å². The van der Waals surface area contributed by atoms with E-state index in [1.165, 1.54) is 41.3 Å². The van der Waals surface area contributed by atoms with Gasteiger partial charge in [-0.2, -0.15) is 0 Å². The topological polar surface area (TPSA) is 64.3 Å². The quantitative estimate of drug-likeness (QED) is 0.758. The van der Waals surface area contributed by atoms with E-state index in [0.29, 0.717) is 17.4 Å². The second-order valence-corrected chi connectivity index (χ2v) is 7.03. The largest absolute Gasteiger partial charge is 0.334 e. The van der Waals surface area contributed by atoms with Gasteiger partial charge in [0.1, 0.15) is 0 Å². The summed E-state index contributed by atoms with van der Waals surface area (Å²) in [4.78, 5) is 38.7. The van der Waals surface area contributed by atoms with Crippen LogP contribution in [0.1, 0.15) is 17.4 Å². The zero-order valence-corrected chi connectivity index (χ0v) is 15.2. The number of carbonyl (C=O) groups excluding carboxylic acids is 1. The van der Waals surface area contributed by atoms with Crippen LogP contribution in [0.25, 0.3) is 6.08 Å². The lowest BCUT2D eigenvalue weighted by Crippen LogP contribution is -2.37. The van der Waals surface area contributed by atoms with E-state index in [-0.39, 0.29) is 11.5 Å². The smallest absolute Gasteiger partial charge is 0.330 e. The van der Waals surface area contributed by atoms with Crippen molar-refractivity contribution in [2.75, 3.05) is 6.54 Å². The third-order valence-electron chi connectivity index (χ3n) is 3.55. The summed E-state index contributed by atoms with van der Waals surface area (Å²) < 4.78 is 2.99. The van der Waals surface area contributed by atoms with Crippen LogP contribution in [0.3, 0.4) is 0 Å². The Bertz CT molecular complexity index is 895. The van der Waals surface area contributed by atoms with Crippen LogP contribution in [-0.2, 0) is 25.4 Å². The molecule has 0 aliphatic carbocycles. The lowest BCUT2D eigenvalue weighted by molar-refractivity contribution is -0.126. The van der Waals surface area contributed by atoms with Crippen LogP contribution in [0.4, 0.5) is 0 Å². The van der Waals surface area contributed by atoms with Crippen LogP contribution < -0.4 is 11.2 Å². The van der Waals surface area contributed by atoms with Crippen molar-refractivity contribution in [3.63, 3.8) is 0 Å². The van der Waals surface area contributed by atoms with Crippen molar-refractivity contribution < 1.29 is 4.79 Å². The molecule has 2 aromatic heterocycles. The minimum absolute atomic E-state index is 0.210. The molecule has 24 heavy (non-hydrogen) atoms. The molecule has 0 atom stereocenters. The predicted molar refractivity (Wildman–Crippen MR) is 96.4 cm³/mol. The number of likely N-dealkylation sites (N-methyl/N-ethyl adjacent to an activating group) is 1. The Balaban J connectivity index is 2.20. The fourth-order valence-corrected chi connectivity index (χ4v) is 3.29. The molecule has 8 heteroatoms. The van der Waals surface area contributed by atoms with Gasteiger partial charge in [-0.1, -0.05) is 11.6 Å². The van der Waals surface area contributed by atoms with Gasteiger partial charge in [-0.05, 0) is 25.1 Å². The monoisotopic (exact) mass is 367 g/mol. The van der Waals surface area contributed by atoms with Gasteiger partial charge in [0, 0.05) is 37.8 Å². The SMILES string of the molecule is CCN(Cc1ccc(Cl)s1)C(=O)/C=C/c1cn(C)c(=O)n(C)c1=O.